The average Bonchev–Trinajstić information content (AvgIpc) is 2.34. The van der Waals surface area contributed by atoms with E-state index in [1.807, 2.05) is 25.1 Å². The summed E-state index contributed by atoms with van der Waals surface area (Å²) in [6.07, 6.45) is 5.06. The minimum atomic E-state index is 0.672. The first-order chi connectivity index (χ1) is 8.66. The minimum Gasteiger partial charge on any atom is -0.491 e. The highest BCUT2D eigenvalue weighted by atomic mass is 16.5. The summed E-state index contributed by atoms with van der Waals surface area (Å²) in [4.78, 5) is 2.45. The summed E-state index contributed by atoms with van der Waals surface area (Å²) in [7, 11) is 2.21. The van der Waals surface area contributed by atoms with Crippen LogP contribution < -0.4 is 10.5 Å². The predicted octanol–water partition coefficient (Wildman–Crippen LogP) is 2.83. The minimum absolute atomic E-state index is 0.672. The van der Waals surface area contributed by atoms with Gasteiger partial charge in [-0.3, -0.25) is 0 Å². The highest BCUT2D eigenvalue weighted by molar-refractivity contribution is 5.53. The molecule has 18 heavy (non-hydrogen) atoms. The number of nitrogens with two attached hydrogens (primary N) is 1. The quantitative estimate of drug-likeness (QED) is 0.833. The van der Waals surface area contributed by atoms with E-state index in [-0.39, 0.29) is 0 Å². The number of aryl methyl sites for hydroxylation is 1. The third-order valence-electron chi connectivity index (χ3n) is 3.80. The van der Waals surface area contributed by atoms with Crippen molar-refractivity contribution in [3.63, 3.8) is 0 Å². The molecule has 0 radical (unpaired) electrons. The zero-order valence-electron chi connectivity index (χ0n) is 11.5. The number of hydrogen-bond acceptors (Lipinski definition) is 3. The van der Waals surface area contributed by atoms with E-state index >= 15 is 0 Å². The molecule has 1 aromatic carbocycles. The molecule has 1 fully saturated rings. The van der Waals surface area contributed by atoms with Gasteiger partial charge in [0.1, 0.15) is 5.75 Å². The van der Waals surface area contributed by atoms with Gasteiger partial charge >= 0.3 is 0 Å². The number of benzene rings is 1. The Bertz CT molecular complexity index is 392. The van der Waals surface area contributed by atoms with Gasteiger partial charge in [-0.15, -0.1) is 0 Å². The summed E-state index contributed by atoms with van der Waals surface area (Å²) in [5, 5.41) is 0. The van der Waals surface area contributed by atoms with E-state index in [4.69, 9.17) is 10.5 Å². The second kappa shape index (κ2) is 6.10. The summed E-state index contributed by atoms with van der Waals surface area (Å²) in [5.41, 5.74) is 7.85. The van der Waals surface area contributed by atoms with Crippen molar-refractivity contribution in [2.45, 2.75) is 38.6 Å². The molecule has 3 nitrogen and oxygen atoms in total. The summed E-state index contributed by atoms with van der Waals surface area (Å²) in [5.74, 6) is 0.819. The largest absolute Gasteiger partial charge is 0.491 e. The Hall–Kier alpha value is -1.22. The van der Waals surface area contributed by atoms with E-state index in [9.17, 15) is 0 Å². The number of ether oxygens (including phenoxy) is 1. The second-order valence-corrected chi connectivity index (χ2v) is 5.31. The molecule has 0 aliphatic carbocycles. The zero-order valence-corrected chi connectivity index (χ0v) is 11.5. The van der Waals surface area contributed by atoms with E-state index in [1.54, 1.807) is 0 Å². The Morgan fingerprint density at radius 1 is 1.39 bits per heavy atom. The highest BCUT2D eigenvalue weighted by Gasteiger charge is 2.18. The zero-order chi connectivity index (χ0) is 13.0. The first kappa shape index (κ1) is 13.2. The molecular formula is C15H24N2O. The fraction of sp³-hybridized carbons (Fsp3) is 0.600. The lowest BCUT2D eigenvalue weighted by Crippen LogP contribution is -2.37. The van der Waals surface area contributed by atoms with E-state index < -0.39 is 0 Å². The Kier molecular flexibility index (Phi) is 4.48. The number of hydrogen-bond donors (Lipinski definition) is 1. The van der Waals surface area contributed by atoms with Gasteiger partial charge in [0.15, 0.2) is 0 Å². The molecule has 2 rings (SSSR count). The van der Waals surface area contributed by atoms with Gasteiger partial charge < -0.3 is 15.4 Å². The average molecular weight is 248 g/mol. The molecule has 2 N–H and O–H groups in total. The first-order valence-electron chi connectivity index (χ1n) is 6.86. The van der Waals surface area contributed by atoms with Gasteiger partial charge in [0.25, 0.3) is 0 Å². The molecule has 0 amide bonds. The van der Waals surface area contributed by atoms with Gasteiger partial charge in [-0.05, 0) is 57.5 Å². The van der Waals surface area contributed by atoms with E-state index in [1.165, 1.54) is 31.4 Å². The molecule has 0 aromatic heterocycles. The normalized spacial score (nSPS) is 20.9. The van der Waals surface area contributed by atoms with Crippen molar-refractivity contribution in [1.29, 1.82) is 0 Å². The van der Waals surface area contributed by atoms with Gasteiger partial charge in [-0.2, -0.15) is 0 Å². The Balaban J connectivity index is 1.81. The van der Waals surface area contributed by atoms with Gasteiger partial charge in [0.2, 0.25) is 0 Å². The standard InChI is InChI=1S/C15H24N2O/c1-12-6-7-15(14(16)11-12)18-10-8-13-5-3-4-9-17(13)2/h6-7,11,13H,3-5,8-10,16H2,1-2H3. The van der Waals surface area contributed by atoms with E-state index in [2.05, 4.69) is 11.9 Å². The molecule has 1 heterocycles. The van der Waals surface area contributed by atoms with Crippen LogP contribution in [0.1, 0.15) is 31.2 Å². The van der Waals surface area contributed by atoms with Crippen LogP contribution in [0.25, 0.3) is 0 Å². The molecule has 100 valence electrons. The molecular weight excluding hydrogens is 224 g/mol. The number of rotatable bonds is 4. The fourth-order valence-electron chi connectivity index (χ4n) is 2.61. The lowest BCUT2D eigenvalue weighted by molar-refractivity contribution is 0.153. The maximum Gasteiger partial charge on any atom is 0.142 e. The SMILES string of the molecule is Cc1ccc(OCCC2CCCCN2C)c(N)c1. The van der Waals surface area contributed by atoms with Gasteiger partial charge in [0.05, 0.1) is 12.3 Å². The van der Waals surface area contributed by atoms with Crippen LogP contribution in [0.3, 0.4) is 0 Å². The Labute approximate surface area is 110 Å². The molecule has 0 spiro atoms. The molecule has 1 unspecified atom stereocenters. The number of likely N-dealkylation sites (tertiary alicyclic amines) is 1. The topological polar surface area (TPSA) is 38.5 Å². The molecule has 3 heteroatoms. The Morgan fingerprint density at radius 3 is 2.94 bits per heavy atom. The van der Waals surface area contributed by atoms with Crippen LogP contribution in [-0.4, -0.2) is 31.1 Å². The number of nitrogen functional groups attached to an aromatic ring is 1. The van der Waals surface area contributed by atoms with Crippen molar-refractivity contribution < 1.29 is 4.74 Å². The van der Waals surface area contributed by atoms with Crippen molar-refractivity contribution >= 4 is 5.69 Å². The molecule has 1 aliphatic rings. The van der Waals surface area contributed by atoms with Crippen LogP contribution in [0.2, 0.25) is 0 Å². The third-order valence-corrected chi connectivity index (χ3v) is 3.80. The van der Waals surface area contributed by atoms with Crippen molar-refractivity contribution in [2.75, 3.05) is 25.9 Å². The third kappa shape index (κ3) is 3.39. The second-order valence-electron chi connectivity index (χ2n) is 5.31. The summed E-state index contributed by atoms with van der Waals surface area (Å²) < 4.78 is 5.79. The summed E-state index contributed by atoms with van der Waals surface area (Å²) >= 11 is 0. The lowest BCUT2D eigenvalue weighted by Gasteiger charge is -2.32. The molecule has 0 saturated carbocycles. The van der Waals surface area contributed by atoms with Crippen LogP contribution in [-0.2, 0) is 0 Å². The fourth-order valence-corrected chi connectivity index (χ4v) is 2.61. The van der Waals surface area contributed by atoms with Crippen LogP contribution in [0, 0.1) is 6.92 Å². The summed E-state index contributed by atoms with van der Waals surface area (Å²) in [6.45, 7) is 4.01. The number of piperidine rings is 1. The number of anilines is 1. The predicted molar refractivity (Wildman–Crippen MR) is 76.0 cm³/mol. The smallest absolute Gasteiger partial charge is 0.142 e. The molecule has 1 aromatic rings. The molecule has 1 saturated heterocycles. The van der Waals surface area contributed by atoms with Crippen LogP contribution in [0.15, 0.2) is 18.2 Å². The van der Waals surface area contributed by atoms with Crippen molar-refractivity contribution in [3.8, 4) is 5.75 Å². The van der Waals surface area contributed by atoms with Crippen LogP contribution in [0.5, 0.6) is 5.75 Å². The van der Waals surface area contributed by atoms with Crippen molar-refractivity contribution in [3.05, 3.63) is 23.8 Å². The monoisotopic (exact) mass is 248 g/mol. The summed E-state index contributed by atoms with van der Waals surface area (Å²) in [6, 6.07) is 6.64. The van der Waals surface area contributed by atoms with Gasteiger partial charge in [-0.25, -0.2) is 0 Å². The maximum absolute atomic E-state index is 5.93. The van der Waals surface area contributed by atoms with E-state index in [0.29, 0.717) is 6.04 Å². The lowest BCUT2D eigenvalue weighted by atomic mass is 10.0. The highest BCUT2D eigenvalue weighted by Crippen LogP contribution is 2.23. The Morgan fingerprint density at radius 2 is 2.22 bits per heavy atom. The maximum atomic E-state index is 5.93. The molecule has 1 aliphatic heterocycles. The molecule has 1 atom stereocenters. The van der Waals surface area contributed by atoms with E-state index in [0.717, 1.165) is 24.5 Å². The first-order valence-corrected chi connectivity index (χ1v) is 6.86. The van der Waals surface area contributed by atoms with Crippen LogP contribution in [0.4, 0.5) is 5.69 Å². The van der Waals surface area contributed by atoms with Crippen molar-refractivity contribution in [1.82, 2.24) is 4.90 Å². The number of nitrogens with zero attached hydrogens (tertiary/aromatic N) is 1. The molecule has 0 bridgehead atoms. The van der Waals surface area contributed by atoms with Crippen LogP contribution >= 0.6 is 0 Å². The van der Waals surface area contributed by atoms with Crippen molar-refractivity contribution in [2.24, 2.45) is 0 Å². The van der Waals surface area contributed by atoms with Gasteiger partial charge in [-0.1, -0.05) is 12.5 Å². The van der Waals surface area contributed by atoms with Gasteiger partial charge in [0, 0.05) is 6.04 Å².